The van der Waals surface area contributed by atoms with E-state index in [9.17, 15) is 4.79 Å². The van der Waals surface area contributed by atoms with Gasteiger partial charge in [0.1, 0.15) is 0 Å². The van der Waals surface area contributed by atoms with Crippen molar-refractivity contribution in [1.82, 2.24) is 4.90 Å². The van der Waals surface area contributed by atoms with Crippen LogP contribution >= 0.6 is 0 Å². The summed E-state index contributed by atoms with van der Waals surface area (Å²) in [5, 5.41) is 8.79. The zero-order valence-electron chi connectivity index (χ0n) is 12.0. The Bertz CT molecular complexity index is 291. The summed E-state index contributed by atoms with van der Waals surface area (Å²) in [4.78, 5) is 13.2. The van der Waals surface area contributed by atoms with Gasteiger partial charge in [0, 0.05) is 18.7 Å². The van der Waals surface area contributed by atoms with Crippen LogP contribution in [0.25, 0.3) is 0 Å². The van der Waals surface area contributed by atoms with Crippen molar-refractivity contribution in [1.29, 1.82) is 0 Å². The summed E-state index contributed by atoms with van der Waals surface area (Å²) < 4.78 is 0. The van der Waals surface area contributed by atoms with Crippen molar-refractivity contribution < 1.29 is 9.90 Å². The minimum atomic E-state index is -0.831. The Balaban J connectivity index is 2.55. The lowest BCUT2D eigenvalue weighted by Gasteiger charge is -2.29. The van der Waals surface area contributed by atoms with Crippen LogP contribution in [0, 0.1) is 5.92 Å². The van der Waals surface area contributed by atoms with E-state index in [0.717, 1.165) is 18.7 Å². The van der Waals surface area contributed by atoms with E-state index in [0.29, 0.717) is 12.0 Å². The average molecular weight is 253 g/mol. The highest BCUT2D eigenvalue weighted by atomic mass is 16.4. The number of rotatable bonds is 7. The number of carboxylic acid groups (broad SMARTS) is 1. The van der Waals surface area contributed by atoms with Crippen LogP contribution < -0.4 is 0 Å². The normalized spacial score (nSPS) is 17.9. The average Bonchev–Trinajstić information content (AvgIpc) is 2.75. The first-order valence-electron chi connectivity index (χ1n) is 7.13. The van der Waals surface area contributed by atoms with Gasteiger partial charge in [0.2, 0.25) is 0 Å². The van der Waals surface area contributed by atoms with Gasteiger partial charge in [-0.2, -0.15) is 0 Å². The van der Waals surface area contributed by atoms with Crippen molar-refractivity contribution in [2.45, 2.75) is 58.9 Å². The molecule has 0 unspecified atom stereocenters. The van der Waals surface area contributed by atoms with Gasteiger partial charge in [-0.3, -0.25) is 4.90 Å². The highest BCUT2D eigenvalue weighted by molar-refractivity contribution is 5.80. The molecule has 0 atom stereocenters. The van der Waals surface area contributed by atoms with Crippen LogP contribution in [0.3, 0.4) is 0 Å². The van der Waals surface area contributed by atoms with E-state index in [-0.39, 0.29) is 0 Å². The van der Waals surface area contributed by atoms with Gasteiger partial charge in [0.05, 0.1) is 0 Å². The lowest BCUT2D eigenvalue weighted by molar-refractivity contribution is -0.131. The molecule has 1 fully saturated rings. The summed E-state index contributed by atoms with van der Waals surface area (Å²) in [7, 11) is 0. The zero-order chi connectivity index (χ0) is 13.5. The van der Waals surface area contributed by atoms with Crippen molar-refractivity contribution in [3.8, 4) is 0 Å². The van der Waals surface area contributed by atoms with Gasteiger partial charge in [0.25, 0.3) is 0 Å². The molecule has 18 heavy (non-hydrogen) atoms. The van der Waals surface area contributed by atoms with Crippen LogP contribution in [-0.4, -0.2) is 35.1 Å². The Labute approximate surface area is 111 Å². The van der Waals surface area contributed by atoms with Crippen LogP contribution in [0.5, 0.6) is 0 Å². The Morgan fingerprint density at radius 1 is 1.39 bits per heavy atom. The predicted molar refractivity (Wildman–Crippen MR) is 74.7 cm³/mol. The van der Waals surface area contributed by atoms with Crippen LogP contribution in [0.2, 0.25) is 0 Å². The molecular formula is C15H27NO2. The second-order valence-corrected chi connectivity index (χ2v) is 5.92. The van der Waals surface area contributed by atoms with E-state index in [1.807, 2.05) is 6.92 Å². The monoisotopic (exact) mass is 253 g/mol. The van der Waals surface area contributed by atoms with Crippen molar-refractivity contribution in [2.24, 2.45) is 5.92 Å². The first-order valence-corrected chi connectivity index (χ1v) is 7.13. The molecule has 0 amide bonds. The standard InChI is InChI=1S/C15H27NO2/c1-12(2)8-9-16(14-6-4-5-7-14)11-13(3)10-15(17)18/h10,12,14H,4-9,11H2,1-3H3,(H,17,18). The maximum absolute atomic E-state index is 10.7. The summed E-state index contributed by atoms with van der Waals surface area (Å²) in [6, 6.07) is 0.667. The SMILES string of the molecule is CC(=CC(=O)O)CN(CCC(C)C)C1CCCC1. The molecule has 1 saturated carbocycles. The molecule has 0 radical (unpaired) electrons. The maximum atomic E-state index is 10.7. The highest BCUT2D eigenvalue weighted by Gasteiger charge is 2.22. The second kappa shape index (κ2) is 7.57. The largest absolute Gasteiger partial charge is 0.478 e. The number of hydrogen-bond donors (Lipinski definition) is 1. The third-order valence-electron chi connectivity index (χ3n) is 3.66. The summed E-state index contributed by atoms with van der Waals surface area (Å²) in [6.45, 7) is 8.31. The topological polar surface area (TPSA) is 40.5 Å². The molecular weight excluding hydrogens is 226 g/mol. The lowest BCUT2D eigenvalue weighted by Crippen LogP contribution is -2.36. The molecule has 0 heterocycles. The first-order chi connectivity index (χ1) is 8.49. The van der Waals surface area contributed by atoms with Gasteiger partial charge < -0.3 is 5.11 Å². The first kappa shape index (κ1) is 15.2. The quantitative estimate of drug-likeness (QED) is 0.708. The molecule has 104 valence electrons. The molecule has 0 spiro atoms. The van der Waals surface area contributed by atoms with Crippen LogP contribution in [-0.2, 0) is 4.79 Å². The van der Waals surface area contributed by atoms with E-state index >= 15 is 0 Å². The smallest absolute Gasteiger partial charge is 0.328 e. The van der Waals surface area contributed by atoms with Crippen molar-refractivity contribution in [3.05, 3.63) is 11.6 Å². The second-order valence-electron chi connectivity index (χ2n) is 5.92. The molecule has 1 rings (SSSR count). The summed E-state index contributed by atoms with van der Waals surface area (Å²) in [5.41, 5.74) is 0.957. The molecule has 0 aliphatic heterocycles. The van der Waals surface area contributed by atoms with Gasteiger partial charge in [-0.05, 0) is 38.6 Å². The van der Waals surface area contributed by atoms with Crippen LogP contribution in [0.1, 0.15) is 52.9 Å². The van der Waals surface area contributed by atoms with Gasteiger partial charge >= 0.3 is 5.97 Å². The molecule has 3 heteroatoms. The fraction of sp³-hybridized carbons (Fsp3) is 0.800. The van der Waals surface area contributed by atoms with Gasteiger partial charge in [-0.25, -0.2) is 4.79 Å². The number of aliphatic carboxylic acids is 1. The highest BCUT2D eigenvalue weighted by Crippen LogP contribution is 2.24. The molecule has 1 N–H and O–H groups in total. The minimum Gasteiger partial charge on any atom is -0.478 e. The third-order valence-corrected chi connectivity index (χ3v) is 3.66. The van der Waals surface area contributed by atoms with Crippen molar-refractivity contribution >= 4 is 5.97 Å². The third kappa shape index (κ3) is 5.67. The van der Waals surface area contributed by atoms with Crippen LogP contribution in [0.15, 0.2) is 11.6 Å². The zero-order valence-corrected chi connectivity index (χ0v) is 12.0. The summed E-state index contributed by atoms with van der Waals surface area (Å²) in [6.07, 6.45) is 7.74. The lowest BCUT2D eigenvalue weighted by atomic mass is 10.1. The molecule has 0 aromatic heterocycles. The Morgan fingerprint density at radius 3 is 2.50 bits per heavy atom. The van der Waals surface area contributed by atoms with E-state index in [4.69, 9.17) is 5.11 Å². The number of carboxylic acids is 1. The molecule has 0 aromatic rings. The number of carbonyl (C=O) groups is 1. The molecule has 1 aliphatic rings. The number of hydrogen-bond acceptors (Lipinski definition) is 2. The Morgan fingerprint density at radius 2 is 2.00 bits per heavy atom. The van der Waals surface area contributed by atoms with E-state index in [2.05, 4.69) is 18.7 Å². The van der Waals surface area contributed by atoms with E-state index in [1.165, 1.54) is 38.2 Å². The predicted octanol–water partition coefficient (Wildman–Crippen LogP) is 3.31. The molecule has 3 nitrogen and oxygen atoms in total. The fourth-order valence-corrected chi connectivity index (χ4v) is 2.66. The Kier molecular flexibility index (Phi) is 6.41. The number of nitrogens with zero attached hydrogens (tertiary/aromatic N) is 1. The van der Waals surface area contributed by atoms with Crippen molar-refractivity contribution in [3.63, 3.8) is 0 Å². The molecule has 0 bridgehead atoms. The van der Waals surface area contributed by atoms with Gasteiger partial charge in [-0.15, -0.1) is 0 Å². The fourth-order valence-electron chi connectivity index (χ4n) is 2.66. The summed E-state index contributed by atoms with van der Waals surface area (Å²) in [5.74, 6) is -0.125. The minimum absolute atomic E-state index is 0.667. The van der Waals surface area contributed by atoms with E-state index < -0.39 is 5.97 Å². The van der Waals surface area contributed by atoms with Crippen molar-refractivity contribution in [2.75, 3.05) is 13.1 Å². The molecule has 0 aromatic carbocycles. The molecule has 1 aliphatic carbocycles. The van der Waals surface area contributed by atoms with Crippen LogP contribution in [0.4, 0.5) is 0 Å². The van der Waals surface area contributed by atoms with E-state index in [1.54, 1.807) is 0 Å². The maximum Gasteiger partial charge on any atom is 0.328 e. The van der Waals surface area contributed by atoms with Gasteiger partial charge in [0.15, 0.2) is 0 Å². The summed E-state index contributed by atoms with van der Waals surface area (Å²) >= 11 is 0. The Hall–Kier alpha value is -0.830. The van der Waals surface area contributed by atoms with Gasteiger partial charge in [-0.1, -0.05) is 32.3 Å². The molecule has 0 saturated heterocycles.